The van der Waals surface area contributed by atoms with E-state index >= 15 is 0 Å². The first-order valence-corrected chi connectivity index (χ1v) is 9.17. The number of benzene rings is 1. The molecular weight excluding hydrogens is 404 g/mol. The summed E-state index contributed by atoms with van der Waals surface area (Å²) in [5, 5.41) is 9.60. The van der Waals surface area contributed by atoms with Gasteiger partial charge in [-0.3, -0.25) is 0 Å². The summed E-state index contributed by atoms with van der Waals surface area (Å²) in [6.45, 7) is 6.12. The van der Waals surface area contributed by atoms with Crippen molar-refractivity contribution in [2.75, 3.05) is 20.3 Å². The van der Waals surface area contributed by atoms with Gasteiger partial charge in [-0.15, -0.1) is 0 Å². The maximum absolute atomic E-state index is 12.8. The van der Waals surface area contributed by atoms with Crippen molar-refractivity contribution in [3.63, 3.8) is 0 Å². The lowest BCUT2D eigenvalue weighted by molar-refractivity contribution is -0.147. The smallest absolute Gasteiger partial charge is 0.338 e. The van der Waals surface area contributed by atoms with Crippen LogP contribution in [0.4, 0.5) is 0 Å². The summed E-state index contributed by atoms with van der Waals surface area (Å²) in [5.41, 5.74) is 7.01. The maximum Gasteiger partial charge on any atom is 0.338 e. The van der Waals surface area contributed by atoms with E-state index in [1.807, 2.05) is 6.07 Å². The first-order chi connectivity index (χ1) is 14.7. The molecule has 0 unspecified atom stereocenters. The molecule has 0 aliphatic carbocycles. The van der Waals surface area contributed by atoms with Gasteiger partial charge in [0.1, 0.15) is 30.6 Å². The van der Waals surface area contributed by atoms with Crippen molar-refractivity contribution < 1.29 is 33.3 Å². The number of nitrogens with two attached hydrogens (primary N) is 1. The van der Waals surface area contributed by atoms with Crippen LogP contribution >= 0.6 is 0 Å². The molecule has 2 N–H and O–H groups in total. The minimum Gasteiger partial charge on any atom is -0.465 e. The third-order valence-electron chi connectivity index (χ3n) is 4.39. The average Bonchev–Trinajstić information content (AvgIpc) is 2.75. The number of nitriles is 1. The second kappa shape index (κ2) is 10.1. The fourth-order valence-corrected chi connectivity index (χ4v) is 2.88. The van der Waals surface area contributed by atoms with Crippen molar-refractivity contribution in [2.24, 2.45) is 5.73 Å². The highest BCUT2D eigenvalue weighted by Crippen LogP contribution is 2.39. The van der Waals surface area contributed by atoms with Gasteiger partial charge in [0.15, 0.2) is 0 Å². The van der Waals surface area contributed by atoms with Crippen molar-refractivity contribution in [3.05, 3.63) is 70.3 Å². The Kier molecular flexibility index (Phi) is 7.58. The molecule has 1 aromatic carbocycles. The van der Waals surface area contributed by atoms with Gasteiger partial charge in [-0.2, -0.15) is 5.26 Å². The third kappa shape index (κ3) is 5.30. The molecule has 0 saturated carbocycles. The monoisotopic (exact) mass is 426 g/mol. The standard InChI is InChI=1S/C22H22N2O7/c1-12(2)20(25)29-9-10-30-22(27)17-13(3)31-19(24)16(11-23)18(17)14-5-7-15(8-6-14)21(26)28-4/h5-8,18H,1,9-10,24H2,2-4H3/t18-/m0/s1. The molecule has 1 aromatic rings. The summed E-state index contributed by atoms with van der Waals surface area (Å²) in [6, 6.07) is 8.16. The van der Waals surface area contributed by atoms with Crippen molar-refractivity contribution in [1.29, 1.82) is 5.26 Å². The van der Waals surface area contributed by atoms with Gasteiger partial charge < -0.3 is 24.7 Å². The van der Waals surface area contributed by atoms with Gasteiger partial charge >= 0.3 is 17.9 Å². The Morgan fingerprint density at radius 2 is 1.77 bits per heavy atom. The SMILES string of the molecule is C=C(C)C(=O)OCCOC(=O)C1=C(C)OC(N)=C(C#N)[C@@H]1c1ccc(C(=O)OC)cc1. The van der Waals surface area contributed by atoms with Crippen LogP contribution in [0, 0.1) is 11.3 Å². The lowest BCUT2D eigenvalue weighted by Crippen LogP contribution is -2.26. The Hall–Kier alpha value is -4.06. The summed E-state index contributed by atoms with van der Waals surface area (Å²) in [5.74, 6) is -2.71. The molecule has 9 nitrogen and oxygen atoms in total. The van der Waals surface area contributed by atoms with Gasteiger partial charge in [-0.1, -0.05) is 18.7 Å². The Bertz CT molecular complexity index is 1010. The molecule has 31 heavy (non-hydrogen) atoms. The van der Waals surface area contributed by atoms with Crippen molar-refractivity contribution in [1.82, 2.24) is 0 Å². The fourth-order valence-electron chi connectivity index (χ4n) is 2.88. The van der Waals surface area contributed by atoms with Crippen LogP contribution in [0.25, 0.3) is 0 Å². The van der Waals surface area contributed by atoms with Gasteiger partial charge in [0.25, 0.3) is 0 Å². The van der Waals surface area contributed by atoms with Crippen LogP contribution < -0.4 is 5.73 Å². The highest BCUT2D eigenvalue weighted by molar-refractivity contribution is 5.93. The first-order valence-electron chi connectivity index (χ1n) is 9.17. The molecule has 9 heteroatoms. The Labute approximate surface area is 179 Å². The van der Waals surface area contributed by atoms with Gasteiger partial charge in [-0.25, -0.2) is 14.4 Å². The van der Waals surface area contributed by atoms with Gasteiger partial charge in [0, 0.05) is 5.57 Å². The Morgan fingerprint density at radius 3 is 2.32 bits per heavy atom. The molecule has 0 amide bonds. The summed E-state index contributed by atoms with van der Waals surface area (Å²) in [7, 11) is 1.26. The van der Waals surface area contributed by atoms with Gasteiger partial charge in [0.05, 0.1) is 24.2 Å². The molecule has 0 bridgehead atoms. The van der Waals surface area contributed by atoms with E-state index in [-0.39, 0.29) is 41.6 Å². The zero-order valence-electron chi connectivity index (χ0n) is 17.4. The summed E-state index contributed by atoms with van der Waals surface area (Å²) >= 11 is 0. The second-order valence-corrected chi connectivity index (χ2v) is 6.56. The van der Waals surface area contributed by atoms with Crippen LogP contribution in [0.15, 0.2) is 59.2 Å². The predicted octanol–water partition coefficient (Wildman–Crippen LogP) is 2.22. The van der Waals surface area contributed by atoms with Crippen LogP contribution in [0.1, 0.15) is 35.7 Å². The fraction of sp³-hybridized carbons (Fsp3) is 0.273. The summed E-state index contributed by atoms with van der Waals surface area (Å²) in [6.07, 6.45) is 0. The summed E-state index contributed by atoms with van der Waals surface area (Å²) in [4.78, 5) is 35.9. The number of ether oxygens (including phenoxy) is 4. The number of allylic oxidation sites excluding steroid dienone is 2. The summed E-state index contributed by atoms with van der Waals surface area (Å²) < 4.78 is 20.2. The lowest BCUT2D eigenvalue weighted by atomic mass is 9.83. The number of carbonyl (C=O) groups is 3. The molecule has 0 spiro atoms. The number of nitrogens with zero attached hydrogens (tertiary/aromatic N) is 1. The van der Waals surface area contributed by atoms with Crippen LogP contribution in [0.2, 0.25) is 0 Å². The Morgan fingerprint density at radius 1 is 1.16 bits per heavy atom. The third-order valence-corrected chi connectivity index (χ3v) is 4.39. The minimum absolute atomic E-state index is 0.0251. The highest BCUT2D eigenvalue weighted by atomic mass is 16.6. The van der Waals surface area contributed by atoms with Gasteiger partial charge in [0.2, 0.25) is 5.88 Å². The molecule has 0 saturated heterocycles. The molecule has 0 fully saturated rings. The number of hydrogen-bond acceptors (Lipinski definition) is 9. The largest absolute Gasteiger partial charge is 0.465 e. The van der Waals surface area contributed by atoms with E-state index in [1.165, 1.54) is 33.1 Å². The lowest BCUT2D eigenvalue weighted by Gasteiger charge is -2.27. The highest BCUT2D eigenvalue weighted by Gasteiger charge is 2.36. The van der Waals surface area contributed by atoms with Gasteiger partial charge in [-0.05, 0) is 31.5 Å². The van der Waals surface area contributed by atoms with E-state index in [0.29, 0.717) is 11.1 Å². The first kappa shape index (κ1) is 23.2. The average molecular weight is 426 g/mol. The minimum atomic E-state index is -0.865. The molecule has 1 aliphatic rings. The van der Waals surface area contributed by atoms with E-state index in [2.05, 4.69) is 11.3 Å². The number of esters is 3. The van der Waals surface area contributed by atoms with E-state index < -0.39 is 23.8 Å². The zero-order valence-corrected chi connectivity index (χ0v) is 17.4. The molecule has 2 rings (SSSR count). The molecule has 1 atom stereocenters. The molecule has 1 heterocycles. The molecule has 0 radical (unpaired) electrons. The molecule has 162 valence electrons. The van der Waals surface area contributed by atoms with E-state index in [0.717, 1.165) is 0 Å². The molecule has 1 aliphatic heterocycles. The number of hydrogen-bond donors (Lipinski definition) is 1. The number of carbonyl (C=O) groups excluding carboxylic acids is 3. The molecule has 0 aromatic heterocycles. The Balaban J connectivity index is 2.29. The van der Waals surface area contributed by atoms with Crippen LogP contribution in [0.3, 0.4) is 0 Å². The van der Waals surface area contributed by atoms with Crippen molar-refractivity contribution >= 4 is 17.9 Å². The van der Waals surface area contributed by atoms with E-state index in [4.69, 9.17) is 19.9 Å². The second-order valence-electron chi connectivity index (χ2n) is 6.56. The van der Waals surface area contributed by atoms with Crippen molar-refractivity contribution in [3.8, 4) is 6.07 Å². The normalized spacial score (nSPS) is 15.5. The van der Waals surface area contributed by atoms with Crippen LogP contribution in [0.5, 0.6) is 0 Å². The molecular formula is C22H22N2O7. The topological polar surface area (TPSA) is 138 Å². The quantitative estimate of drug-likeness (QED) is 0.301. The van der Waals surface area contributed by atoms with E-state index in [9.17, 15) is 19.6 Å². The maximum atomic E-state index is 12.8. The predicted molar refractivity (Wildman–Crippen MR) is 108 cm³/mol. The number of methoxy groups -OCH3 is 1. The van der Waals surface area contributed by atoms with E-state index in [1.54, 1.807) is 12.1 Å². The van der Waals surface area contributed by atoms with Crippen molar-refractivity contribution in [2.45, 2.75) is 19.8 Å². The zero-order chi connectivity index (χ0) is 23.1. The number of rotatable bonds is 7. The van der Waals surface area contributed by atoms with Crippen LogP contribution in [-0.4, -0.2) is 38.2 Å². The van der Waals surface area contributed by atoms with Crippen LogP contribution in [-0.2, 0) is 28.5 Å².